The van der Waals surface area contributed by atoms with Crippen LogP contribution in [0.5, 0.6) is 0 Å². The van der Waals surface area contributed by atoms with Gasteiger partial charge in [-0.05, 0) is 25.7 Å². The molecule has 5 nitrogen and oxygen atoms in total. The van der Waals surface area contributed by atoms with Crippen molar-refractivity contribution in [3.8, 4) is 0 Å². The van der Waals surface area contributed by atoms with Crippen LogP contribution in [0.2, 0.25) is 0 Å². The van der Waals surface area contributed by atoms with Crippen molar-refractivity contribution in [1.82, 2.24) is 15.1 Å². The van der Waals surface area contributed by atoms with E-state index in [4.69, 9.17) is 4.42 Å². The number of likely N-dealkylation sites (tertiary alicyclic amines) is 1. The van der Waals surface area contributed by atoms with Gasteiger partial charge in [-0.3, -0.25) is 4.79 Å². The summed E-state index contributed by atoms with van der Waals surface area (Å²) in [4.78, 5) is 14.7. The Morgan fingerprint density at radius 2 is 1.78 bits per heavy atom. The third-order valence-electron chi connectivity index (χ3n) is 4.73. The summed E-state index contributed by atoms with van der Waals surface area (Å²) in [5.74, 6) is 2.58. The molecule has 1 amide bonds. The lowest BCUT2D eigenvalue weighted by Crippen LogP contribution is -2.41. The number of aromatic nitrogens is 2. The molecular weight excluding hydrogens is 290 g/mol. The lowest BCUT2D eigenvalue weighted by molar-refractivity contribution is -0.137. The summed E-state index contributed by atoms with van der Waals surface area (Å²) in [5.41, 5.74) is 0. The third kappa shape index (κ3) is 4.55. The second kappa shape index (κ2) is 8.46. The van der Waals surface area contributed by atoms with Gasteiger partial charge in [0.05, 0.1) is 0 Å². The van der Waals surface area contributed by atoms with E-state index < -0.39 is 0 Å². The highest BCUT2D eigenvalue weighted by Crippen LogP contribution is 2.29. The number of carbonyl (C=O) groups is 1. The van der Waals surface area contributed by atoms with Crippen molar-refractivity contribution in [2.75, 3.05) is 13.1 Å². The molecule has 5 heteroatoms. The molecule has 1 aliphatic heterocycles. The van der Waals surface area contributed by atoms with Gasteiger partial charge in [0, 0.05) is 30.8 Å². The van der Waals surface area contributed by atoms with E-state index in [0.717, 1.165) is 57.5 Å². The van der Waals surface area contributed by atoms with Crippen LogP contribution < -0.4 is 0 Å². The standard InChI is InChI=1S/C18H31N3O2/c1-5-7-15(8-6-2)18(22)21-11-9-14(10-12-21)17-20-19-16(23-17)13(3)4/h13-15H,5-12H2,1-4H3. The Bertz CT molecular complexity index is 484. The van der Waals surface area contributed by atoms with Crippen LogP contribution >= 0.6 is 0 Å². The fraction of sp³-hybridized carbons (Fsp3) is 0.833. The summed E-state index contributed by atoms with van der Waals surface area (Å²) in [6, 6.07) is 0. The monoisotopic (exact) mass is 321 g/mol. The van der Waals surface area contributed by atoms with Crippen LogP contribution in [0.15, 0.2) is 4.42 Å². The minimum Gasteiger partial charge on any atom is -0.425 e. The minimum atomic E-state index is 0.206. The highest BCUT2D eigenvalue weighted by molar-refractivity contribution is 5.78. The molecule has 0 aliphatic carbocycles. The van der Waals surface area contributed by atoms with Gasteiger partial charge in [-0.2, -0.15) is 0 Å². The molecule has 1 fully saturated rings. The zero-order chi connectivity index (χ0) is 16.8. The first-order valence-corrected chi connectivity index (χ1v) is 9.18. The fourth-order valence-electron chi connectivity index (χ4n) is 3.34. The van der Waals surface area contributed by atoms with E-state index in [1.54, 1.807) is 0 Å². The van der Waals surface area contributed by atoms with Gasteiger partial charge >= 0.3 is 0 Å². The van der Waals surface area contributed by atoms with Crippen LogP contribution in [-0.2, 0) is 4.79 Å². The average molecular weight is 321 g/mol. The first-order valence-electron chi connectivity index (χ1n) is 9.18. The number of carbonyl (C=O) groups excluding carboxylic acids is 1. The Morgan fingerprint density at radius 3 is 2.26 bits per heavy atom. The molecule has 0 unspecified atom stereocenters. The molecule has 0 aromatic carbocycles. The molecule has 0 atom stereocenters. The number of rotatable bonds is 7. The quantitative estimate of drug-likeness (QED) is 0.758. The van der Waals surface area contributed by atoms with Crippen molar-refractivity contribution >= 4 is 5.91 Å². The number of hydrogen-bond acceptors (Lipinski definition) is 4. The molecule has 0 bridgehead atoms. The minimum absolute atomic E-state index is 0.206. The Hall–Kier alpha value is -1.39. The molecular formula is C18H31N3O2. The van der Waals surface area contributed by atoms with Gasteiger partial charge in [0.15, 0.2) is 0 Å². The lowest BCUT2D eigenvalue weighted by Gasteiger charge is -2.33. The van der Waals surface area contributed by atoms with Gasteiger partial charge in [-0.15, -0.1) is 10.2 Å². The van der Waals surface area contributed by atoms with Crippen molar-refractivity contribution in [1.29, 1.82) is 0 Å². The van der Waals surface area contributed by atoms with Crippen LogP contribution in [0.1, 0.15) is 89.8 Å². The van der Waals surface area contributed by atoms with Crippen molar-refractivity contribution < 1.29 is 9.21 Å². The van der Waals surface area contributed by atoms with Crippen LogP contribution in [0.4, 0.5) is 0 Å². The molecule has 23 heavy (non-hydrogen) atoms. The number of hydrogen-bond donors (Lipinski definition) is 0. The van der Waals surface area contributed by atoms with Crippen molar-refractivity contribution in [3.05, 3.63) is 11.8 Å². The maximum atomic E-state index is 12.7. The zero-order valence-electron chi connectivity index (χ0n) is 15.0. The highest BCUT2D eigenvalue weighted by Gasteiger charge is 2.30. The smallest absolute Gasteiger partial charge is 0.225 e. The second-order valence-corrected chi connectivity index (χ2v) is 7.01. The highest BCUT2D eigenvalue weighted by atomic mass is 16.4. The lowest BCUT2D eigenvalue weighted by atomic mass is 9.92. The summed E-state index contributed by atoms with van der Waals surface area (Å²) in [7, 11) is 0. The average Bonchev–Trinajstić information content (AvgIpc) is 3.04. The van der Waals surface area contributed by atoms with Gasteiger partial charge in [0.1, 0.15) is 0 Å². The predicted molar refractivity (Wildman–Crippen MR) is 90.2 cm³/mol. The summed E-state index contributed by atoms with van der Waals surface area (Å²) in [6.07, 6.45) is 6.02. The predicted octanol–water partition coefficient (Wildman–Crippen LogP) is 4.12. The van der Waals surface area contributed by atoms with Crippen molar-refractivity contribution in [2.45, 2.75) is 78.1 Å². The third-order valence-corrected chi connectivity index (χ3v) is 4.73. The van der Waals surface area contributed by atoms with Gasteiger partial charge in [0.25, 0.3) is 0 Å². The Labute approximate surface area is 139 Å². The summed E-state index contributed by atoms with van der Waals surface area (Å²) >= 11 is 0. The molecule has 0 radical (unpaired) electrons. The molecule has 130 valence electrons. The maximum absolute atomic E-state index is 12.7. The molecule has 0 N–H and O–H groups in total. The number of amides is 1. The first kappa shape index (κ1) is 18.0. The summed E-state index contributed by atoms with van der Waals surface area (Å²) in [5, 5.41) is 8.33. The molecule has 1 aromatic rings. The van der Waals surface area contributed by atoms with Crippen LogP contribution in [0.3, 0.4) is 0 Å². The van der Waals surface area contributed by atoms with Crippen LogP contribution in [0.25, 0.3) is 0 Å². The largest absolute Gasteiger partial charge is 0.425 e. The molecule has 1 aromatic heterocycles. The van der Waals surface area contributed by atoms with E-state index in [1.165, 1.54) is 0 Å². The van der Waals surface area contributed by atoms with E-state index in [2.05, 4.69) is 37.9 Å². The fourth-order valence-corrected chi connectivity index (χ4v) is 3.34. The Kier molecular flexibility index (Phi) is 6.60. The normalized spacial score (nSPS) is 16.5. The van der Waals surface area contributed by atoms with Crippen LogP contribution in [0, 0.1) is 5.92 Å². The number of nitrogens with zero attached hydrogens (tertiary/aromatic N) is 3. The van der Waals surface area contributed by atoms with E-state index in [0.29, 0.717) is 17.7 Å². The first-order chi connectivity index (χ1) is 11.1. The number of piperidine rings is 1. The Morgan fingerprint density at radius 1 is 1.17 bits per heavy atom. The SMILES string of the molecule is CCCC(CCC)C(=O)N1CCC(c2nnc(C(C)C)o2)CC1. The molecule has 0 spiro atoms. The van der Waals surface area contributed by atoms with Crippen molar-refractivity contribution in [3.63, 3.8) is 0 Å². The Balaban J connectivity index is 1.90. The van der Waals surface area contributed by atoms with Gasteiger partial charge in [-0.1, -0.05) is 40.5 Å². The summed E-state index contributed by atoms with van der Waals surface area (Å²) in [6.45, 7) is 10.0. The van der Waals surface area contributed by atoms with Gasteiger partial charge in [0.2, 0.25) is 17.7 Å². The molecule has 1 saturated heterocycles. The van der Waals surface area contributed by atoms with Crippen molar-refractivity contribution in [2.24, 2.45) is 5.92 Å². The van der Waals surface area contributed by atoms with E-state index in [-0.39, 0.29) is 11.8 Å². The second-order valence-electron chi connectivity index (χ2n) is 7.01. The van der Waals surface area contributed by atoms with E-state index in [1.807, 2.05) is 4.90 Å². The van der Waals surface area contributed by atoms with Crippen LogP contribution in [-0.4, -0.2) is 34.1 Å². The summed E-state index contributed by atoms with van der Waals surface area (Å²) < 4.78 is 5.78. The maximum Gasteiger partial charge on any atom is 0.225 e. The van der Waals surface area contributed by atoms with E-state index >= 15 is 0 Å². The molecule has 1 aliphatic rings. The molecule has 2 rings (SSSR count). The van der Waals surface area contributed by atoms with Gasteiger partial charge < -0.3 is 9.32 Å². The zero-order valence-corrected chi connectivity index (χ0v) is 15.0. The molecule has 2 heterocycles. The van der Waals surface area contributed by atoms with Gasteiger partial charge in [-0.25, -0.2) is 0 Å². The topological polar surface area (TPSA) is 59.2 Å². The molecule has 0 saturated carbocycles. The van der Waals surface area contributed by atoms with E-state index in [9.17, 15) is 4.79 Å².